The van der Waals surface area contributed by atoms with Crippen LogP contribution in [-0.4, -0.2) is 47.8 Å². The lowest BCUT2D eigenvalue weighted by atomic mass is 9.58. The molecule has 21 heavy (non-hydrogen) atoms. The molecule has 1 saturated heterocycles. The number of aliphatic hydroxyl groups excluding tert-OH is 1. The molecule has 0 bridgehead atoms. The highest BCUT2D eigenvalue weighted by atomic mass is 32.1. The lowest BCUT2D eigenvalue weighted by molar-refractivity contribution is -0.207. The van der Waals surface area contributed by atoms with Crippen LogP contribution in [0.15, 0.2) is 10.8 Å². The lowest BCUT2D eigenvalue weighted by Gasteiger charge is -2.56. The number of thiophene rings is 1. The van der Waals surface area contributed by atoms with Gasteiger partial charge in [0.2, 0.25) is 0 Å². The van der Waals surface area contributed by atoms with Crippen molar-refractivity contribution >= 4 is 17.2 Å². The van der Waals surface area contributed by atoms with E-state index < -0.39 is 0 Å². The van der Waals surface area contributed by atoms with Crippen LogP contribution in [0.25, 0.3) is 0 Å². The molecule has 1 aliphatic carbocycles. The van der Waals surface area contributed by atoms with Crippen LogP contribution in [0.3, 0.4) is 0 Å². The van der Waals surface area contributed by atoms with Crippen LogP contribution in [0.2, 0.25) is 0 Å². The average molecular weight is 309 g/mol. The molecule has 2 heterocycles. The highest BCUT2D eigenvalue weighted by molar-refractivity contribution is 7.08. The Morgan fingerprint density at radius 2 is 2.19 bits per heavy atom. The van der Waals surface area contributed by atoms with Crippen LogP contribution in [0, 0.1) is 12.3 Å². The van der Waals surface area contributed by atoms with Gasteiger partial charge in [0.15, 0.2) is 0 Å². The van der Waals surface area contributed by atoms with Crippen molar-refractivity contribution in [3.05, 3.63) is 21.9 Å². The monoisotopic (exact) mass is 309 g/mol. The van der Waals surface area contributed by atoms with Crippen LogP contribution >= 0.6 is 11.3 Å². The first-order valence-corrected chi connectivity index (χ1v) is 8.64. The fourth-order valence-electron chi connectivity index (χ4n) is 3.69. The predicted molar refractivity (Wildman–Crippen MR) is 82.7 cm³/mol. The molecule has 0 radical (unpaired) electrons. The molecular weight excluding hydrogens is 286 g/mol. The maximum atomic E-state index is 12.5. The van der Waals surface area contributed by atoms with Crippen LogP contribution in [0.4, 0.5) is 0 Å². The molecule has 1 aromatic rings. The van der Waals surface area contributed by atoms with Gasteiger partial charge in [-0.15, -0.1) is 0 Å². The van der Waals surface area contributed by atoms with Crippen LogP contribution in [0.1, 0.15) is 42.1 Å². The third-order valence-electron chi connectivity index (χ3n) is 5.18. The summed E-state index contributed by atoms with van der Waals surface area (Å²) in [6.07, 6.45) is 2.32. The van der Waals surface area contributed by atoms with Gasteiger partial charge < -0.3 is 14.7 Å². The molecule has 1 N–H and O–H groups in total. The summed E-state index contributed by atoms with van der Waals surface area (Å²) in [5, 5.41) is 14.1. The van der Waals surface area contributed by atoms with Crippen molar-refractivity contribution in [3.8, 4) is 0 Å². The Labute approximate surface area is 129 Å². The first-order valence-electron chi connectivity index (χ1n) is 7.70. The Morgan fingerprint density at radius 3 is 2.71 bits per heavy atom. The molecule has 1 spiro atoms. The largest absolute Gasteiger partial charge is 0.392 e. The minimum absolute atomic E-state index is 0.115. The highest BCUT2D eigenvalue weighted by Gasteiger charge is 2.56. The molecule has 0 aromatic carbocycles. The first kappa shape index (κ1) is 15.0. The quantitative estimate of drug-likeness (QED) is 0.933. The second-order valence-corrected chi connectivity index (χ2v) is 6.93. The van der Waals surface area contributed by atoms with Crippen molar-refractivity contribution < 1.29 is 14.6 Å². The zero-order valence-electron chi connectivity index (χ0n) is 12.7. The van der Waals surface area contributed by atoms with Gasteiger partial charge in [-0.3, -0.25) is 4.79 Å². The van der Waals surface area contributed by atoms with Gasteiger partial charge in [0.25, 0.3) is 5.91 Å². The summed E-state index contributed by atoms with van der Waals surface area (Å²) in [5.74, 6) is 0.130. The molecule has 1 amide bonds. The zero-order valence-corrected chi connectivity index (χ0v) is 13.5. The van der Waals surface area contributed by atoms with Gasteiger partial charge in [-0.05, 0) is 37.6 Å². The minimum atomic E-state index is -0.269. The fourth-order valence-corrected chi connectivity index (χ4v) is 4.51. The highest BCUT2D eigenvalue weighted by Crippen LogP contribution is 2.51. The summed E-state index contributed by atoms with van der Waals surface area (Å²) in [6, 6.07) is 0. The Morgan fingerprint density at radius 1 is 1.48 bits per heavy atom. The molecule has 1 aromatic heterocycles. The Hall–Kier alpha value is -0.910. The van der Waals surface area contributed by atoms with Crippen LogP contribution in [-0.2, 0) is 4.74 Å². The molecule has 1 aliphatic heterocycles. The molecule has 5 heteroatoms. The van der Waals surface area contributed by atoms with Crippen molar-refractivity contribution in [2.24, 2.45) is 5.41 Å². The number of piperidine rings is 1. The summed E-state index contributed by atoms with van der Waals surface area (Å²) in [6.45, 7) is 6.10. The van der Waals surface area contributed by atoms with Gasteiger partial charge in [0.1, 0.15) is 0 Å². The van der Waals surface area contributed by atoms with Gasteiger partial charge in [-0.25, -0.2) is 0 Å². The number of aryl methyl sites for hydroxylation is 1. The van der Waals surface area contributed by atoms with Crippen molar-refractivity contribution in [1.29, 1.82) is 0 Å². The number of amides is 1. The SMILES string of the molecule is CCO[C@@H]1C[C@H](O)C12CCN(C(=O)c1cscc1C)CC2. The third-order valence-corrected chi connectivity index (χ3v) is 6.04. The number of likely N-dealkylation sites (tertiary alicyclic amines) is 1. The van der Waals surface area contributed by atoms with E-state index in [9.17, 15) is 9.90 Å². The van der Waals surface area contributed by atoms with Crippen LogP contribution < -0.4 is 0 Å². The minimum Gasteiger partial charge on any atom is -0.392 e. The summed E-state index contributed by atoms with van der Waals surface area (Å²) >= 11 is 1.57. The van der Waals surface area contributed by atoms with Crippen molar-refractivity contribution in [3.63, 3.8) is 0 Å². The van der Waals surface area contributed by atoms with E-state index in [1.165, 1.54) is 0 Å². The van der Waals surface area contributed by atoms with Gasteiger partial charge in [0.05, 0.1) is 17.8 Å². The van der Waals surface area contributed by atoms with E-state index in [0.29, 0.717) is 6.61 Å². The van der Waals surface area contributed by atoms with E-state index in [0.717, 1.165) is 43.5 Å². The van der Waals surface area contributed by atoms with Gasteiger partial charge >= 0.3 is 0 Å². The van der Waals surface area contributed by atoms with Gasteiger partial charge in [0, 0.05) is 36.9 Å². The maximum Gasteiger partial charge on any atom is 0.254 e. The topological polar surface area (TPSA) is 49.8 Å². The van der Waals surface area contributed by atoms with Gasteiger partial charge in [-0.2, -0.15) is 11.3 Å². The molecule has 2 atom stereocenters. The summed E-state index contributed by atoms with van der Waals surface area (Å²) < 4.78 is 5.77. The number of carbonyl (C=O) groups is 1. The molecule has 3 rings (SSSR count). The van der Waals surface area contributed by atoms with E-state index >= 15 is 0 Å². The fraction of sp³-hybridized carbons (Fsp3) is 0.688. The molecule has 116 valence electrons. The molecule has 2 fully saturated rings. The Bertz CT molecular complexity index is 517. The van der Waals surface area contributed by atoms with Gasteiger partial charge in [-0.1, -0.05) is 0 Å². The lowest BCUT2D eigenvalue weighted by Crippen LogP contribution is -2.62. The number of rotatable bonds is 3. The number of hydrogen-bond donors (Lipinski definition) is 1. The number of ether oxygens (including phenoxy) is 1. The summed E-state index contributed by atoms with van der Waals surface area (Å²) in [4.78, 5) is 14.5. The van der Waals surface area contributed by atoms with Crippen molar-refractivity contribution in [2.75, 3.05) is 19.7 Å². The van der Waals surface area contributed by atoms with Crippen molar-refractivity contribution in [2.45, 2.75) is 45.3 Å². The molecule has 1 saturated carbocycles. The Kier molecular flexibility index (Phi) is 4.08. The maximum absolute atomic E-state index is 12.5. The molecule has 4 nitrogen and oxygen atoms in total. The predicted octanol–water partition coefficient (Wildman–Crippen LogP) is 2.45. The van der Waals surface area contributed by atoms with E-state index in [2.05, 4.69) is 0 Å². The first-order chi connectivity index (χ1) is 10.1. The second kappa shape index (κ2) is 5.71. The molecule has 2 aliphatic rings. The van der Waals surface area contributed by atoms with Crippen LogP contribution in [0.5, 0.6) is 0 Å². The van der Waals surface area contributed by atoms with E-state index in [1.807, 2.05) is 29.5 Å². The summed E-state index contributed by atoms with van der Waals surface area (Å²) in [5.41, 5.74) is 1.77. The third kappa shape index (κ3) is 2.41. The number of carbonyl (C=O) groups excluding carboxylic acids is 1. The normalized spacial score (nSPS) is 27.7. The zero-order chi connectivity index (χ0) is 15.0. The van der Waals surface area contributed by atoms with E-state index in [4.69, 9.17) is 4.74 Å². The molecular formula is C16H23NO3S. The number of aliphatic hydroxyl groups is 1. The van der Waals surface area contributed by atoms with Crippen molar-refractivity contribution in [1.82, 2.24) is 4.90 Å². The molecule has 0 unspecified atom stereocenters. The standard InChI is InChI=1S/C16H23NO3S/c1-3-20-14-8-13(18)16(14)4-6-17(7-5-16)15(19)12-10-21-9-11(12)2/h9-10,13-14,18H,3-8H2,1-2H3/t13-,14+/m0/s1. The second-order valence-electron chi connectivity index (χ2n) is 6.19. The number of nitrogens with zero attached hydrogens (tertiary/aromatic N) is 1. The number of hydrogen-bond acceptors (Lipinski definition) is 4. The smallest absolute Gasteiger partial charge is 0.254 e. The summed E-state index contributed by atoms with van der Waals surface area (Å²) in [7, 11) is 0. The van der Waals surface area contributed by atoms with E-state index in [-0.39, 0.29) is 23.5 Å². The average Bonchev–Trinajstić information content (AvgIpc) is 2.92. The Balaban J connectivity index is 1.65. The van der Waals surface area contributed by atoms with E-state index in [1.54, 1.807) is 11.3 Å².